The predicted molar refractivity (Wildman–Crippen MR) is 119 cm³/mol. The maximum Gasteiger partial charge on any atom is 0.329 e. The molecule has 0 spiro atoms. The van der Waals surface area contributed by atoms with E-state index >= 15 is 0 Å². The number of hydrazone groups is 1. The lowest BCUT2D eigenvalue weighted by Gasteiger charge is -2.54. The number of rotatable bonds is 6. The Morgan fingerprint density at radius 2 is 1.55 bits per heavy atom. The van der Waals surface area contributed by atoms with E-state index in [4.69, 9.17) is 0 Å². The van der Waals surface area contributed by atoms with Gasteiger partial charge in [-0.15, -0.1) is 0 Å². The number of nitrogens with zero attached hydrogens (tertiary/aromatic N) is 1. The van der Waals surface area contributed by atoms with Crippen LogP contribution in [-0.2, 0) is 20.8 Å². The van der Waals surface area contributed by atoms with Crippen molar-refractivity contribution in [3.63, 3.8) is 0 Å². The number of hydrogen-bond donors (Lipinski definition) is 3. The van der Waals surface area contributed by atoms with Gasteiger partial charge >= 0.3 is 11.8 Å². The van der Waals surface area contributed by atoms with Crippen LogP contribution in [0.2, 0.25) is 0 Å². The molecule has 4 saturated carbocycles. The van der Waals surface area contributed by atoms with Gasteiger partial charge in [0.25, 0.3) is 0 Å². The van der Waals surface area contributed by atoms with Crippen molar-refractivity contribution in [1.29, 1.82) is 0 Å². The zero-order valence-electron chi connectivity index (χ0n) is 18.3. The number of amides is 3. The molecule has 7 nitrogen and oxygen atoms in total. The predicted octanol–water partition coefficient (Wildman–Crippen LogP) is 3.01. The Morgan fingerprint density at radius 1 is 0.935 bits per heavy atom. The van der Waals surface area contributed by atoms with Gasteiger partial charge in [-0.25, -0.2) is 5.43 Å². The summed E-state index contributed by atoms with van der Waals surface area (Å²) in [5.74, 6) is 1.25. The first-order valence-electron chi connectivity index (χ1n) is 11.4. The summed E-state index contributed by atoms with van der Waals surface area (Å²) in [6, 6.07) is 7.60. The Hall–Kier alpha value is -2.70. The summed E-state index contributed by atoms with van der Waals surface area (Å²) in [5.41, 5.74) is 4.41. The van der Waals surface area contributed by atoms with Crippen molar-refractivity contribution in [3.8, 4) is 0 Å². The van der Waals surface area contributed by atoms with Gasteiger partial charge in [0, 0.05) is 17.4 Å². The number of benzene rings is 1. The van der Waals surface area contributed by atoms with E-state index in [-0.39, 0.29) is 18.4 Å². The van der Waals surface area contributed by atoms with Crippen molar-refractivity contribution in [2.24, 2.45) is 28.8 Å². The number of carbonyl (C=O) groups is 3. The van der Waals surface area contributed by atoms with Crippen LogP contribution in [0.5, 0.6) is 0 Å². The van der Waals surface area contributed by atoms with Gasteiger partial charge in [0.05, 0.1) is 6.42 Å². The second-order valence-electron chi connectivity index (χ2n) is 9.49. The van der Waals surface area contributed by atoms with E-state index in [0.717, 1.165) is 23.8 Å². The molecule has 4 aliphatic rings. The maximum atomic E-state index is 12.5. The summed E-state index contributed by atoms with van der Waals surface area (Å²) < 4.78 is 0. The van der Waals surface area contributed by atoms with Crippen LogP contribution in [0.1, 0.15) is 57.9 Å². The lowest BCUT2D eigenvalue weighted by molar-refractivity contribution is -0.136. The summed E-state index contributed by atoms with van der Waals surface area (Å²) in [4.78, 5) is 36.6. The molecular formula is C24H32N4O3. The second-order valence-corrected chi connectivity index (χ2v) is 9.49. The molecule has 0 saturated heterocycles. The van der Waals surface area contributed by atoms with Crippen LogP contribution >= 0.6 is 0 Å². The summed E-state index contributed by atoms with van der Waals surface area (Å²) in [7, 11) is 0. The van der Waals surface area contributed by atoms with Crippen molar-refractivity contribution in [1.82, 2.24) is 10.7 Å². The van der Waals surface area contributed by atoms with Gasteiger partial charge in [-0.2, -0.15) is 5.10 Å². The summed E-state index contributed by atoms with van der Waals surface area (Å²) in [5, 5.41) is 9.71. The number of hydrogen-bond acceptors (Lipinski definition) is 4. The van der Waals surface area contributed by atoms with Crippen LogP contribution in [0.25, 0.3) is 0 Å². The quantitative estimate of drug-likeness (QED) is 0.372. The minimum atomic E-state index is -0.861. The third-order valence-corrected chi connectivity index (χ3v) is 7.15. The van der Waals surface area contributed by atoms with Crippen molar-refractivity contribution >= 4 is 29.1 Å². The first-order valence-corrected chi connectivity index (χ1v) is 11.4. The van der Waals surface area contributed by atoms with Crippen LogP contribution in [-0.4, -0.2) is 29.5 Å². The molecule has 0 radical (unpaired) electrons. The monoisotopic (exact) mass is 424 g/mol. The lowest BCUT2D eigenvalue weighted by atomic mass is 9.54. The molecule has 4 aliphatic carbocycles. The Balaban J connectivity index is 1.23. The number of nitrogens with one attached hydrogen (secondary N) is 3. The average molecular weight is 425 g/mol. The van der Waals surface area contributed by atoms with Gasteiger partial charge in [-0.05, 0) is 86.8 Å². The van der Waals surface area contributed by atoms with Gasteiger partial charge in [-0.3, -0.25) is 14.4 Å². The normalized spacial score (nSPS) is 28.8. The minimum absolute atomic E-state index is 0.0616. The van der Waals surface area contributed by atoms with Crippen molar-refractivity contribution < 1.29 is 14.4 Å². The number of anilines is 1. The largest absolute Gasteiger partial charge is 0.352 e. The third kappa shape index (κ3) is 5.14. The highest BCUT2D eigenvalue weighted by molar-refractivity contribution is 6.39. The molecule has 0 aromatic heterocycles. The van der Waals surface area contributed by atoms with Gasteiger partial charge in [0.1, 0.15) is 0 Å². The van der Waals surface area contributed by atoms with E-state index in [9.17, 15) is 14.4 Å². The smallest absolute Gasteiger partial charge is 0.329 e. The zero-order chi connectivity index (χ0) is 22.0. The van der Waals surface area contributed by atoms with Gasteiger partial charge < -0.3 is 10.6 Å². The fourth-order valence-electron chi connectivity index (χ4n) is 5.88. The Morgan fingerprint density at radius 3 is 2.13 bits per heavy atom. The molecule has 4 bridgehead atoms. The molecule has 0 atom stereocenters. The van der Waals surface area contributed by atoms with Gasteiger partial charge in [0.15, 0.2) is 0 Å². The fourth-order valence-corrected chi connectivity index (χ4v) is 5.88. The van der Waals surface area contributed by atoms with Crippen LogP contribution in [0.15, 0.2) is 29.4 Å². The zero-order valence-corrected chi connectivity index (χ0v) is 18.3. The van der Waals surface area contributed by atoms with E-state index in [1.165, 1.54) is 32.1 Å². The highest BCUT2D eigenvalue weighted by Gasteiger charge is 2.48. The average Bonchev–Trinajstić information content (AvgIpc) is 2.74. The lowest BCUT2D eigenvalue weighted by Crippen LogP contribution is -2.56. The minimum Gasteiger partial charge on any atom is -0.352 e. The molecule has 7 heteroatoms. The Kier molecular flexibility index (Phi) is 6.39. The van der Waals surface area contributed by atoms with E-state index in [1.54, 1.807) is 19.1 Å². The van der Waals surface area contributed by atoms with Crippen molar-refractivity contribution in [2.45, 2.75) is 64.8 Å². The second kappa shape index (κ2) is 9.20. The number of aryl methyl sites for hydroxylation is 1. The summed E-state index contributed by atoms with van der Waals surface area (Å²) in [6.45, 7) is 3.72. The Bertz CT molecular complexity index is 849. The SMILES string of the molecule is CCc1ccc(NC(=O)C(=O)N/N=C(/C)CC(=O)NC2C3CC4CC(C3)CC2C4)cc1. The fraction of sp³-hybridized carbons (Fsp3) is 0.583. The van der Waals surface area contributed by atoms with E-state index in [0.29, 0.717) is 23.2 Å². The maximum absolute atomic E-state index is 12.5. The highest BCUT2D eigenvalue weighted by Crippen LogP contribution is 2.53. The van der Waals surface area contributed by atoms with E-state index in [1.807, 2.05) is 19.1 Å². The molecule has 0 unspecified atom stereocenters. The van der Waals surface area contributed by atoms with Gasteiger partial charge in [0.2, 0.25) is 5.91 Å². The standard InChI is InChI=1S/C24H32N4O3/c1-3-15-4-6-20(7-5-15)25-23(30)24(31)28-27-14(2)8-21(29)26-22-18-10-16-9-17(12-18)13-19(22)11-16/h4-7,16-19,22H,3,8-13H2,1-2H3,(H,25,30)(H,26,29)(H,28,31)/b27-14-. The number of carbonyl (C=O) groups excluding carboxylic acids is 3. The first kappa shape index (κ1) is 21.5. The molecule has 166 valence electrons. The molecule has 0 heterocycles. The molecule has 5 rings (SSSR count). The van der Waals surface area contributed by atoms with Gasteiger partial charge in [-0.1, -0.05) is 19.1 Å². The molecule has 3 amide bonds. The Labute approximate surface area is 183 Å². The topological polar surface area (TPSA) is 99.7 Å². The van der Waals surface area contributed by atoms with Crippen molar-refractivity contribution in [2.75, 3.05) is 5.32 Å². The first-order chi connectivity index (χ1) is 14.9. The van der Waals surface area contributed by atoms with E-state index in [2.05, 4.69) is 21.2 Å². The van der Waals surface area contributed by atoms with Crippen LogP contribution in [0.4, 0.5) is 5.69 Å². The van der Waals surface area contributed by atoms with Crippen LogP contribution in [0.3, 0.4) is 0 Å². The summed E-state index contributed by atoms with van der Waals surface area (Å²) >= 11 is 0. The van der Waals surface area contributed by atoms with Crippen molar-refractivity contribution in [3.05, 3.63) is 29.8 Å². The highest BCUT2D eigenvalue weighted by atomic mass is 16.2. The van der Waals surface area contributed by atoms with E-state index < -0.39 is 11.8 Å². The van der Waals surface area contributed by atoms with Crippen LogP contribution < -0.4 is 16.1 Å². The molecule has 31 heavy (non-hydrogen) atoms. The molecule has 4 fully saturated rings. The summed E-state index contributed by atoms with van der Waals surface area (Å²) in [6.07, 6.45) is 7.39. The van der Waals surface area contributed by atoms with Crippen LogP contribution in [0, 0.1) is 23.7 Å². The molecule has 1 aromatic rings. The molecule has 3 N–H and O–H groups in total. The molecular weight excluding hydrogens is 392 g/mol. The molecule has 1 aromatic carbocycles. The molecule has 0 aliphatic heterocycles. The third-order valence-electron chi connectivity index (χ3n) is 7.15.